The molecule has 6 heteroatoms. The van der Waals surface area contributed by atoms with Gasteiger partial charge >= 0.3 is 5.69 Å². The molecule has 0 aliphatic carbocycles. The fraction of sp³-hybridized carbons (Fsp3) is 0.353. The number of H-pyrrole nitrogens is 2. The molecule has 1 unspecified atom stereocenters. The molecule has 1 aromatic heterocycles. The number of nitrogens with zero attached hydrogens (tertiary/aromatic N) is 1. The average molecular weight is 313 g/mol. The van der Waals surface area contributed by atoms with Crippen LogP contribution in [0.3, 0.4) is 0 Å². The van der Waals surface area contributed by atoms with E-state index in [1.165, 1.54) is 11.8 Å². The predicted molar refractivity (Wildman–Crippen MR) is 86.6 cm³/mol. The summed E-state index contributed by atoms with van der Waals surface area (Å²) in [6, 6.07) is 10.1. The summed E-state index contributed by atoms with van der Waals surface area (Å²) in [7, 11) is 0. The first-order valence-electron chi connectivity index (χ1n) is 7.55. The molecule has 6 nitrogen and oxygen atoms in total. The van der Waals surface area contributed by atoms with Gasteiger partial charge in [-0.05, 0) is 11.0 Å². The Labute approximate surface area is 133 Å². The number of carbonyl (C=O) groups is 1. The van der Waals surface area contributed by atoms with E-state index in [9.17, 15) is 14.4 Å². The third kappa shape index (κ3) is 2.84. The SMILES string of the molecule is CC1(C)CN(C(=O)c2c[nH]c(=O)[nH]c2=O)CC1c1ccccc1. The van der Waals surface area contributed by atoms with Crippen LogP contribution in [-0.2, 0) is 0 Å². The van der Waals surface area contributed by atoms with Gasteiger partial charge in [0.25, 0.3) is 11.5 Å². The second-order valence-electron chi connectivity index (χ2n) is 6.62. The molecule has 3 rings (SSSR count). The van der Waals surface area contributed by atoms with Crippen molar-refractivity contribution in [3.63, 3.8) is 0 Å². The standard InChI is InChI=1S/C17H19N3O3/c1-17(2)10-20(9-13(17)11-6-4-3-5-7-11)15(22)12-8-18-16(23)19-14(12)21/h3-8,13H,9-10H2,1-2H3,(H2,18,19,21,23). The third-order valence-corrected chi connectivity index (χ3v) is 4.48. The first-order valence-corrected chi connectivity index (χ1v) is 7.55. The van der Waals surface area contributed by atoms with E-state index in [0.717, 1.165) is 0 Å². The van der Waals surface area contributed by atoms with E-state index in [1.807, 2.05) is 18.2 Å². The van der Waals surface area contributed by atoms with Crippen molar-refractivity contribution in [3.05, 3.63) is 68.5 Å². The Morgan fingerprint density at radius 2 is 1.91 bits per heavy atom. The summed E-state index contributed by atoms with van der Waals surface area (Å²) < 4.78 is 0. The highest BCUT2D eigenvalue weighted by Gasteiger charge is 2.42. The van der Waals surface area contributed by atoms with E-state index < -0.39 is 11.2 Å². The van der Waals surface area contributed by atoms with Crippen LogP contribution in [0.2, 0.25) is 0 Å². The lowest BCUT2D eigenvalue weighted by Gasteiger charge is -2.25. The Morgan fingerprint density at radius 1 is 1.22 bits per heavy atom. The fourth-order valence-corrected chi connectivity index (χ4v) is 3.27. The van der Waals surface area contributed by atoms with Crippen LogP contribution in [0.15, 0.2) is 46.1 Å². The quantitative estimate of drug-likeness (QED) is 0.877. The van der Waals surface area contributed by atoms with Crippen molar-refractivity contribution in [2.75, 3.05) is 13.1 Å². The van der Waals surface area contributed by atoms with E-state index >= 15 is 0 Å². The lowest BCUT2D eigenvalue weighted by atomic mass is 9.78. The molecule has 0 bridgehead atoms. The van der Waals surface area contributed by atoms with Crippen molar-refractivity contribution in [1.82, 2.24) is 14.9 Å². The Bertz CT molecular complexity index is 836. The van der Waals surface area contributed by atoms with E-state index in [2.05, 4.69) is 35.9 Å². The molecular weight excluding hydrogens is 294 g/mol. The monoisotopic (exact) mass is 313 g/mol. The number of aromatic nitrogens is 2. The fourth-order valence-electron chi connectivity index (χ4n) is 3.27. The summed E-state index contributed by atoms with van der Waals surface area (Å²) >= 11 is 0. The van der Waals surface area contributed by atoms with Gasteiger partial charge < -0.3 is 9.88 Å². The number of hydrogen-bond donors (Lipinski definition) is 2. The number of likely N-dealkylation sites (tertiary alicyclic amines) is 1. The second kappa shape index (κ2) is 5.53. The molecule has 1 fully saturated rings. The molecule has 23 heavy (non-hydrogen) atoms. The van der Waals surface area contributed by atoms with Crippen LogP contribution in [-0.4, -0.2) is 33.9 Å². The van der Waals surface area contributed by atoms with Gasteiger partial charge in [-0.1, -0.05) is 44.2 Å². The zero-order valence-corrected chi connectivity index (χ0v) is 13.1. The van der Waals surface area contributed by atoms with Gasteiger partial charge in [0.1, 0.15) is 5.56 Å². The van der Waals surface area contributed by atoms with Crippen LogP contribution in [0.25, 0.3) is 0 Å². The van der Waals surface area contributed by atoms with Crippen LogP contribution in [0.4, 0.5) is 0 Å². The van der Waals surface area contributed by atoms with E-state index in [0.29, 0.717) is 13.1 Å². The smallest absolute Gasteiger partial charge is 0.325 e. The topological polar surface area (TPSA) is 86.0 Å². The largest absolute Gasteiger partial charge is 0.337 e. The Balaban J connectivity index is 1.89. The lowest BCUT2D eigenvalue weighted by molar-refractivity contribution is 0.0775. The molecular formula is C17H19N3O3. The molecule has 1 aliphatic heterocycles. The summed E-state index contributed by atoms with van der Waals surface area (Å²) in [5.74, 6) is -0.150. The molecule has 1 amide bonds. The number of hydrogen-bond acceptors (Lipinski definition) is 3. The minimum Gasteiger partial charge on any atom is -0.337 e. The molecule has 2 aromatic rings. The highest BCUT2D eigenvalue weighted by Crippen LogP contribution is 2.42. The van der Waals surface area contributed by atoms with Gasteiger partial charge in [0.15, 0.2) is 0 Å². The Kier molecular flexibility index (Phi) is 3.67. The molecule has 1 aromatic carbocycles. The van der Waals surface area contributed by atoms with E-state index in [1.54, 1.807) is 4.90 Å². The van der Waals surface area contributed by atoms with Crippen LogP contribution >= 0.6 is 0 Å². The van der Waals surface area contributed by atoms with E-state index in [-0.39, 0.29) is 22.8 Å². The van der Waals surface area contributed by atoms with Crippen molar-refractivity contribution in [3.8, 4) is 0 Å². The minimum absolute atomic E-state index is 0.0332. The zero-order valence-electron chi connectivity index (χ0n) is 13.1. The molecule has 0 saturated carbocycles. The molecule has 1 aliphatic rings. The number of benzene rings is 1. The molecule has 2 N–H and O–H groups in total. The van der Waals surface area contributed by atoms with Gasteiger partial charge in [0.2, 0.25) is 0 Å². The summed E-state index contributed by atoms with van der Waals surface area (Å²) in [4.78, 5) is 41.7. The first-order chi connectivity index (χ1) is 10.9. The van der Waals surface area contributed by atoms with E-state index in [4.69, 9.17) is 0 Å². The van der Waals surface area contributed by atoms with Gasteiger partial charge in [-0.15, -0.1) is 0 Å². The highest BCUT2D eigenvalue weighted by molar-refractivity contribution is 5.93. The Hall–Kier alpha value is -2.63. The molecule has 120 valence electrons. The van der Waals surface area contributed by atoms with Gasteiger partial charge in [0, 0.05) is 25.2 Å². The highest BCUT2D eigenvalue weighted by atomic mass is 16.2. The zero-order chi connectivity index (χ0) is 16.6. The molecule has 1 saturated heterocycles. The number of carbonyl (C=O) groups excluding carboxylic acids is 1. The van der Waals surface area contributed by atoms with Crippen molar-refractivity contribution < 1.29 is 4.79 Å². The third-order valence-electron chi connectivity index (χ3n) is 4.48. The van der Waals surface area contributed by atoms with Crippen molar-refractivity contribution >= 4 is 5.91 Å². The summed E-state index contributed by atoms with van der Waals surface area (Å²) in [5.41, 5.74) is -0.209. The Morgan fingerprint density at radius 3 is 2.57 bits per heavy atom. The van der Waals surface area contributed by atoms with Crippen LogP contribution in [0, 0.1) is 5.41 Å². The summed E-state index contributed by atoms with van der Waals surface area (Å²) in [6.45, 7) is 5.35. The number of aromatic amines is 2. The summed E-state index contributed by atoms with van der Waals surface area (Å²) in [6.07, 6.45) is 1.19. The number of amides is 1. The maximum Gasteiger partial charge on any atom is 0.325 e. The normalized spacial score (nSPS) is 19.7. The maximum atomic E-state index is 12.6. The second-order valence-corrected chi connectivity index (χ2v) is 6.62. The molecule has 0 radical (unpaired) electrons. The van der Waals surface area contributed by atoms with Gasteiger partial charge in [-0.2, -0.15) is 0 Å². The van der Waals surface area contributed by atoms with Crippen LogP contribution in [0.5, 0.6) is 0 Å². The van der Waals surface area contributed by atoms with Gasteiger partial charge in [-0.3, -0.25) is 14.6 Å². The summed E-state index contributed by atoms with van der Waals surface area (Å²) in [5, 5.41) is 0. The molecule has 0 spiro atoms. The van der Waals surface area contributed by atoms with Crippen molar-refractivity contribution in [2.24, 2.45) is 5.41 Å². The average Bonchev–Trinajstić information content (AvgIpc) is 2.83. The van der Waals surface area contributed by atoms with Gasteiger partial charge in [-0.25, -0.2) is 4.79 Å². The van der Waals surface area contributed by atoms with Crippen molar-refractivity contribution in [1.29, 1.82) is 0 Å². The van der Waals surface area contributed by atoms with Gasteiger partial charge in [0.05, 0.1) is 0 Å². The number of rotatable bonds is 2. The van der Waals surface area contributed by atoms with Crippen LogP contribution < -0.4 is 11.2 Å². The molecule has 1 atom stereocenters. The number of nitrogens with one attached hydrogen (secondary N) is 2. The molecule has 2 heterocycles. The maximum absolute atomic E-state index is 12.6. The predicted octanol–water partition coefficient (Wildman–Crippen LogP) is 1.33. The lowest BCUT2D eigenvalue weighted by Crippen LogP contribution is -2.36. The first kappa shape index (κ1) is 15.3. The van der Waals surface area contributed by atoms with Crippen molar-refractivity contribution in [2.45, 2.75) is 19.8 Å². The van der Waals surface area contributed by atoms with Crippen LogP contribution in [0.1, 0.15) is 35.7 Å². The minimum atomic E-state index is -0.653.